The van der Waals surface area contributed by atoms with Crippen molar-refractivity contribution in [2.45, 2.75) is 45.1 Å². The van der Waals surface area contributed by atoms with Crippen LogP contribution in [0.15, 0.2) is 24.3 Å². The number of nitrogens with one attached hydrogen (secondary N) is 2. The highest BCUT2D eigenvalue weighted by atomic mass is 32.2. The summed E-state index contributed by atoms with van der Waals surface area (Å²) in [5.41, 5.74) is 0.732. The zero-order chi connectivity index (χ0) is 17.2. The predicted octanol–water partition coefficient (Wildman–Crippen LogP) is 3.21. The van der Waals surface area contributed by atoms with Gasteiger partial charge in [0.25, 0.3) is 0 Å². The van der Waals surface area contributed by atoms with Crippen LogP contribution in [0, 0.1) is 0 Å². The molecule has 132 valence electrons. The summed E-state index contributed by atoms with van der Waals surface area (Å²) in [4.78, 5) is 23.8. The number of carbonyl (C=O) groups excluding carboxylic acids is 2. The van der Waals surface area contributed by atoms with Crippen molar-refractivity contribution < 1.29 is 14.3 Å². The first-order chi connectivity index (χ1) is 11.7. The van der Waals surface area contributed by atoms with Gasteiger partial charge in [-0.15, -0.1) is 11.8 Å². The van der Waals surface area contributed by atoms with Crippen LogP contribution in [0.4, 0.5) is 5.69 Å². The minimum Gasteiger partial charge on any atom is -0.494 e. The molecule has 0 saturated heterocycles. The van der Waals surface area contributed by atoms with Gasteiger partial charge in [-0.25, -0.2) is 0 Å². The lowest BCUT2D eigenvalue weighted by Crippen LogP contribution is -2.37. The van der Waals surface area contributed by atoms with Crippen molar-refractivity contribution in [3.63, 3.8) is 0 Å². The molecule has 0 unspecified atom stereocenters. The van der Waals surface area contributed by atoms with Gasteiger partial charge in [-0.05, 0) is 44.0 Å². The third-order valence-electron chi connectivity index (χ3n) is 3.89. The number of rotatable bonds is 8. The smallest absolute Gasteiger partial charge is 0.234 e. The number of carbonyl (C=O) groups is 2. The molecule has 24 heavy (non-hydrogen) atoms. The third-order valence-corrected chi connectivity index (χ3v) is 4.82. The summed E-state index contributed by atoms with van der Waals surface area (Å²) >= 11 is 1.34. The van der Waals surface area contributed by atoms with Crippen LogP contribution in [0.3, 0.4) is 0 Å². The lowest BCUT2D eigenvalue weighted by atomic mass is 9.95. The molecule has 1 aromatic rings. The fraction of sp³-hybridized carbons (Fsp3) is 0.556. The van der Waals surface area contributed by atoms with Gasteiger partial charge >= 0.3 is 0 Å². The van der Waals surface area contributed by atoms with E-state index in [1.807, 2.05) is 31.2 Å². The second kappa shape index (κ2) is 10.2. The summed E-state index contributed by atoms with van der Waals surface area (Å²) in [6.45, 7) is 2.54. The Morgan fingerprint density at radius 2 is 1.75 bits per heavy atom. The standard InChI is InChI=1S/C18H26N2O3S/c1-2-23-16-10-8-15(9-11-16)20-18(22)13-24-12-17(21)19-14-6-4-3-5-7-14/h8-11,14H,2-7,12-13H2,1H3,(H,19,21)(H,20,22). The van der Waals surface area contributed by atoms with Gasteiger partial charge in [0.05, 0.1) is 18.1 Å². The monoisotopic (exact) mass is 350 g/mol. The lowest BCUT2D eigenvalue weighted by Gasteiger charge is -2.22. The fourth-order valence-corrected chi connectivity index (χ4v) is 3.38. The summed E-state index contributed by atoms with van der Waals surface area (Å²) < 4.78 is 5.36. The number of ether oxygens (including phenoxy) is 1. The van der Waals surface area contributed by atoms with Crippen LogP contribution >= 0.6 is 11.8 Å². The molecule has 6 heteroatoms. The van der Waals surface area contributed by atoms with E-state index < -0.39 is 0 Å². The molecule has 2 amide bonds. The van der Waals surface area contributed by atoms with Crippen LogP contribution in [0.5, 0.6) is 5.75 Å². The highest BCUT2D eigenvalue weighted by Crippen LogP contribution is 2.18. The van der Waals surface area contributed by atoms with Gasteiger partial charge in [-0.3, -0.25) is 9.59 Å². The molecule has 1 fully saturated rings. The van der Waals surface area contributed by atoms with E-state index in [1.165, 1.54) is 31.0 Å². The molecule has 1 aliphatic carbocycles. The minimum absolute atomic E-state index is 0.0285. The second-order valence-electron chi connectivity index (χ2n) is 5.90. The van der Waals surface area contributed by atoms with Crippen molar-refractivity contribution in [3.05, 3.63) is 24.3 Å². The van der Waals surface area contributed by atoms with Crippen molar-refractivity contribution in [1.29, 1.82) is 0 Å². The Bertz CT molecular complexity index is 528. The SMILES string of the molecule is CCOc1ccc(NC(=O)CSCC(=O)NC2CCCCC2)cc1. The van der Waals surface area contributed by atoms with Gasteiger partial charge < -0.3 is 15.4 Å². The molecular formula is C18H26N2O3S. The quantitative estimate of drug-likeness (QED) is 0.755. The second-order valence-corrected chi connectivity index (χ2v) is 6.89. The van der Waals surface area contributed by atoms with E-state index in [0.717, 1.165) is 24.3 Å². The van der Waals surface area contributed by atoms with E-state index in [4.69, 9.17) is 4.74 Å². The number of benzene rings is 1. The van der Waals surface area contributed by atoms with E-state index >= 15 is 0 Å². The summed E-state index contributed by atoms with van der Waals surface area (Å²) in [6.07, 6.45) is 5.82. The van der Waals surface area contributed by atoms with Gasteiger partial charge in [-0.1, -0.05) is 19.3 Å². The maximum absolute atomic E-state index is 11.9. The molecule has 0 aliphatic heterocycles. The molecule has 0 atom stereocenters. The summed E-state index contributed by atoms with van der Waals surface area (Å²) in [7, 11) is 0. The average Bonchev–Trinajstić information content (AvgIpc) is 2.58. The van der Waals surface area contributed by atoms with Crippen molar-refractivity contribution in [1.82, 2.24) is 5.32 Å². The maximum atomic E-state index is 11.9. The normalized spacial score (nSPS) is 14.9. The number of anilines is 1. The van der Waals surface area contributed by atoms with Crippen molar-refractivity contribution in [2.24, 2.45) is 0 Å². The van der Waals surface area contributed by atoms with Gasteiger partial charge in [-0.2, -0.15) is 0 Å². The minimum atomic E-state index is -0.102. The molecule has 2 N–H and O–H groups in total. The molecule has 2 rings (SSSR count). The molecule has 0 bridgehead atoms. The maximum Gasteiger partial charge on any atom is 0.234 e. The molecule has 5 nitrogen and oxygen atoms in total. The highest BCUT2D eigenvalue weighted by Gasteiger charge is 2.15. The van der Waals surface area contributed by atoms with Gasteiger partial charge in [0.15, 0.2) is 0 Å². The van der Waals surface area contributed by atoms with Crippen LogP contribution in [0.25, 0.3) is 0 Å². The number of amides is 2. The first-order valence-electron chi connectivity index (χ1n) is 8.57. The van der Waals surface area contributed by atoms with Crippen LogP contribution < -0.4 is 15.4 Å². The van der Waals surface area contributed by atoms with Gasteiger partial charge in [0.2, 0.25) is 11.8 Å². The largest absolute Gasteiger partial charge is 0.494 e. The van der Waals surface area contributed by atoms with Crippen LogP contribution in [-0.4, -0.2) is 36.0 Å². The molecule has 1 aliphatic rings. The topological polar surface area (TPSA) is 67.4 Å². The molecule has 0 spiro atoms. The van der Waals surface area contributed by atoms with Crippen molar-refractivity contribution in [3.8, 4) is 5.75 Å². The molecular weight excluding hydrogens is 324 g/mol. The summed E-state index contributed by atoms with van der Waals surface area (Å²) in [5.74, 6) is 1.30. The van der Waals surface area contributed by atoms with E-state index in [0.29, 0.717) is 18.4 Å². The Kier molecular flexibility index (Phi) is 7.95. The molecule has 0 heterocycles. The number of thioether (sulfide) groups is 1. The van der Waals surface area contributed by atoms with E-state index in [2.05, 4.69) is 10.6 Å². The summed E-state index contributed by atoms with van der Waals surface area (Å²) in [6, 6.07) is 7.59. The predicted molar refractivity (Wildman–Crippen MR) is 98.6 cm³/mol. The highest BCUT2D eigenvalue weighted by molar-refractivity contribution is 8.00. The zero-order valence-electron chi connectivity index (χ0n) is 14.2. The summed E-state index contributed by atoms with van der Waals surface area (Å²) in [5, 5.41) is 5.87. The first-order valence-corrected chi connectivity index (χ1v) is 9.72. The Hall–Kier alpha value is -1.69. The molecule has 1 aromatic carbocycles. The third kappa shape index (κ3) is 6.83. The Balaban J connectivity index is 1.62. The average molecular weight is 350 g/mol. The van der Waals surface area contributed by atoms with Crippen LogP contribution in [0.2, 0.25) is 0 Å². The molecule has 0 aromatic heterocycles. The number of hydrogen-bond donors (Lipinski definition) is 2. The lowest BCUT2D eigenvalue weighted by molar-refractivity contribution is -0.119. The van der Waals surface area contributed by atoms with Gasteiger partial charge in [0.1, 0.15) is 5.75 Å². The zero-order valence-corrected chi connectivity index (χ0v) is 15.0. The number of hydrogen-bond acceptors (Lipinski definition) is 4. The Morgan fingerprint density at radius 1 is 1.08 bits per heavy atom. The van der Waals surface area contributed by atoms with E-state index in [1.54, 1.807) is 0 Å². The van der Waals surface area contributed by atoms with E-state index in [9.17, 15) is 9.59 Å². The Morgan fingerprint density at radius 3 is 2.42 bits per heavy atom. The van der Waals surface area contributed by atoms with Crippen LogP contribution in [-0.2, 0) is 9.59 Å². The first kappa shape index (κ1) is 18.6. The Labute approximate surface area is 147 Å². The van der Waals surface area contributed by atoms with Gasteiger partial charge in [0, 0.05) is 11.7 Å². The molecule has 0 radical (unpaired) electrons. The van der Waals surface area contributed by atoms with E-state index in [-0.39, 0.29) is 17.6 Å². The fourth-order valence-electron chi connectivity index (χ4n) is 2.75. The molecule has 1 saturated carbocycles. The van der Waals surface area contributed by atoms with Crippen LogP contribution in [0.1, 0.15) is 39.0 Å². The van der Waals surface area contributed by atoms with Crippen molar-refractivity contribution in [2.75, 3.05) is 23.4 Å². The van der Waals surface area contributed by atoms with Crippen molar-refractivity contribution >= 4 is 29.3 Å².